The average molecular weight is 434 g/mol. The molecule has 32 heavy (non-hydrogen) atoms. The van der Waals surface area contributed by atoms with Crippen LogP contribution in [0, 0.1) is 5.92 Å². The van der Waals surface area contributed by atoms with Crippen LogP contribution in [0.4, 0.5) is 0 Å². The maximum Gasteiger partial charge on any atom is 0.220 e. The van der Waals surface area contributed by atoms with Gasteiger partial charge in [-0.3, -0.25) is 9.78 Å². The van der Waals surface area contributed by atoms with Gasteiger partial charge in [0.15, 0.2) is 0 Å². The highest BCUT2D eigenvalue weighted by Gasteiger charge is 2.26. The van der Waals surface area contributed by atoms with Crippen molar-refractivity contribution in [2.45, 2.75) is 64.2 Å². The molecule has 0 saturated heterocycles. The molecular weight excluding hydrogens is 402 g/mol. The maximum atomic E-state index is 12.2. The van der Waals surface area contributed by atoms with E-state index in [9.17, 15) is 4.79 Å². The minimum absolute atomic E-state index is 0.0703. The summed E-state index contributed by atoms with van der Waals surface area (Å²) in [7, 11) is 0. The standard InChI is InChI=1S/C25H31N5O2/c1-17(2)25-28-16-22(19-9-12-26-13-10-19)24(30-25)20-5-3-18(4-6-20)15-27-23(31)8-7-21-11-14-29-32-21/h9-14,16-18,20H,3-8,15H2,1-2H3,(H,27,31). The summed E-state index contributed by atoms with van der Waals surface area (Å²) in [6.45, 7) is 5.00. The van der Waals surface area contributed by atoms with Gasteiger partial charge >= 0.3 is 0 Å². The fraction of sp³-hybridized carbons (Fsp3) is 0.480. The number of aromatic nitrogens is 4. The lowest BCUT2D eigenvalue weighted by Gasteiger charge is -2.29. The average Bonchev–Trinajstić information content (AvgIpc) is 3.36. The number of nitrogens with zero attached hydrogens (tertiary/aromatic N) is 4. The monoisotopic (exact) mass is 433 g/mol. The highest BCUT2D eigenvalue weighted by molar-refractivity contribution is 5.76. The van der Waals surface area contributed by atoms with Gasteiger partial charge in [0.25, 0.3) is 0 Å². The molecule has 4 rings (SSSR count). The minimum Gasteiger partial charge on any atom is -0.361 e. The van der Waals surface area contributed by atoms with Gasteiger partial charge in [-0.25, -0.2) is 9.97 Å². The molecule has 0 spiro atoms. The number of carbonyl (C=O) groups is 1. The summed E-state index contributed by atoms with van der Waals surface area (Å²) < 4.78 is 5.05. The first-order valence-electron chi connectivity index (χ1n) is 11.5. The van der Waals surface area contributed by atoms with Gasteiger partial charge in [0.1, 0.15) is 11.6 Å². The first kappa shape index (κ1) is 22.1. The Hall–Kier alpha value is -3.09. The van der Waals surface area contributed by atoms with Gasteiger partial charge in [0, 0.05) is 61.4 Å². The van der Waals surface area contributed by atoms with Crippen LogP contribution in [0.5, 0.6) is 0 Å². The van der Waals surface area contributed by atoms with Crippen LogP contribution < -0.4 is 5.32 Å². The largest absolute Gasteiger partial charge is 0.361 e. The zero-order chi connectivity index (χ0) is 22.3. The van der Waals surface area contributed by atoms with Gasteiger partial charge in [-0.05, 0) is 49.3 Å². The van der Waals surface area contributed by atoms with E-state index in [1.54, 1.807) is 12.3 Å². The molecule has 0 radical (unpaired) electrons. The van der Waals surface area contributed by atoms with Crippen LogP contribution in [0.25, 0.3) is 11.1 Å². The van der Waals surface area contributed by atoms with Crippen molar-refractivity contribution in [3.8, 4) is 11.1 Å². The minimum atomic E-state index is 0.0703. The second-order valence-electron chi connectivity index (χ2n) is 8.92. The molecule has 7 nitrogen and oxygen atoms in total. The molecule has 7 heteroatoms. The van der Waals surface area contributed by atoms with Crippen molar-refractivity contribution in [2.75, 3.05) is 6.54 Å². The molecule has 0 unspecified atom stereocenters. The molecule has 3 heterocycles. The lowest BCUT2D eigenvalue weighted by Crippen LogP contribution is -2.31. The fourth-order valence-electron chi connectivity index (χ4n) is 4.35. The molecule has 0 bridgehead atoms. The smallest absolute Gasteiger partial charge is 0.220 e. The molecular formula is C25H31N5O2. The van der Waals surface area contributed by atoms with Crippen molar-refractivity contribution in [1.82, 2.24) is 25.4 Å². The molecule has 0 aliphatic heterocycles. The van der Waals surface area contributed by atoms with E-state index < -0.39 is 0 Å². The van der Waals surface area contributed by atoms with Crippen LogP contribution in [0.2, 0.25) is 0 Å². The number of amides is 1. The van der Waals surface area contributed by atoms with Crippen molar-refractivity contribution in [3.63, 3.8) is 0 Å². The molecule has 3 aromatic heterocycles. The van der Waals surface area contributed by atoms with Crippen LogP contribution in [-0.4, -0.2) is 32.6 Å². The second kappa shape index (κ2) is 10.5. The van der Waals surface area contributed by atoms with Crippen LogP contribution in [0.15, 0.2) is 47.5 Å². The summed E-state index contributed by atoms with van der Waals surface area (Å²) in [5.74, 6) is 2.94. The van der Waals surface area contributed by atoms with Crippen LogP contribution in [0.1, 0.15) is 75.1 Å². The number of carbonyl (C=O) groups excluding carboxylic acids is 1. The van der Waals surface area contributed by atoms with Crippen LogP contribution >= 0.6 is 0 Å². The molecule has 1 amide bonds. The summed E-state index contributed by atoms with van der Waals surface area (Å²) in [4.78, 5) is 25.9. The quantitative estimate of drug-likeness (QED) is 0.555. The zero-order valence-corrected chi connectivity index (χ0v) is 18.8. The van der Waals surface area contributed by atoms with Crippen molar-refractivity contribution in [3.05, 3.63) is 60.3 Å². The molecule has 1 N–H and O–H groups in total. The Balaban J connectivity index is 1.35. The van der Waals surface area contributed by atoms with E-state index >= 15 is 0 Å². The first-order chi connectivity index (χ1) is 15.6. The van der Waals surface area contributed by atoms with Crippen LogP contribution in [0.3, 0.4) is 0 Å². The summed E-state index contributed by atoms with van der Waals surface area (Å²) >= 11 is 0. The van der Waals surface area contributed by atoms with Gasteiger partial charge in [-0.15, -0.1) is 0 Å². The van der Waals surface area contributed by atoms with Crippen molar-refractivity contribution >= 4 is 5.91 Å². The fourth-order valence-corrected chi connectivity index (χ4v) is 4.35. The number of nitrogens with one attached hydrogen (secondary N) is 1. The number of rotatable bonds is 8. The van der Waals surface area contributed by atoms with E-state index in [0.29, 0.717) is 30.6 Å². The predicted octanol–water partition coefficient (Wildman–Crippen LogP) is 4.67. The molecule has 1 saturated carbocycles. The third-order valence-electron chi connectivity index (χ3n) is 6.26. The van der Waals surface area contributed by atoms with E-state index in [0.717, 1.165) is 60.6 Å². The molecule has 1 aliphatic rings. The highest BCUT2D eigenvalue weighted by Crippen LogP contribution is 2.39. The topological polar surface area (TPSA) is 93.8 Å². The SMILES string of the molecule is CC(C)c1ncc(-c2ccncc2)c(C2CCC(CNC(=O)CCc3ccno3)CC2)n1. The molecule has 0 aromatic carbocycles. The van der Waals surface area contributed by atoms with Gasteiger partial charge < -0.3 is 9.84 Å². The number of hydrogen-bond donors (Lipinski definition) is 1. The van der Waals surface area contributed by atoms with E-state index in [1.165, 1.54) is 0 Å². The van der Waals surface area contributed by atoms with E-state index in [4.69, 9.17) is 9.51 Å². The summed E-state index contributed by atoms with van der Waals surface area (Å²) in [6.07, 6.45) is 12.6. The third-order valence-corrected chi connectivity index (χ3v) is 6.26. The van der Waals surface area contributed by atoms with E-state index in [1.807, 2.05) is 30.7 Å². The number of hydrogen-bond acceptors (Lipinski definition) is 6. The Bertz CT molecular complexity index is 996. The summed E-state index contributed by atoms with van der Waals surface area (Å²) in [5, 5.41) is 6.77. The number of pyridine rings is 1. The van der Waals surface area contributed by atoms with E-state index in [2.05, 4.69) is 34.3 Å². The summed E-state index contributed by atoms with van der Waals surface area (Å²) in [5.41, 5.74) is 3.39. The van der Waals surface area contributed by atoms with Crippen molar-refractivity contribution < 1.29 is 9.32 Å². The molecule has 168 valence electrons. The Morgan fingerprint density at radius 3 is 2.59 bits per heavy atom. The van der Waals surface area contributed by atoms with Crippen LogP contribution in [-0.2, 0) is 11.2 Å². The second-order valence-corrected chi connectivity index (χ2v) is 8.92. The lowest BCUT2D eigenvalue weighted by molar-refractivity contribution is -0.121. The maximum absolute atomic E-state index is 12.2. The molecule has 1 aliphatic carbocycles. The predicted molar refractivity (Wildman–Crippen MR) is 122 cm³/mol. The van der Waals surface area contributed by atoms with Gasteiger partial charge in [-0.2, -0.15) is 0 Å². The molecule has 1 fully saturated rings. The Labute approximate surface area is 189 Å². The first-order valence-corrected chi connectivity index (χ1v) is 11.5. The lowest BCUT2D eigenvalue weighted by atomic mass is 9.79. The molecule has 0 atom stereocenters. The normalized spacial score (nSPS) is 18.6. The summed E-state index contributed by atoms with van der Waals surface area (Å²) in [6, 6.07) is 5.85. The van der Waals surface area contributed by atoms with Gasteiger partial charge in [0.2, 0.25) is 5.91 Å². The van der Waals surface area contributed by atoms with Gasteiger partial charge in [0.05, 0.1) is 11.9 Å². The highest BCUT2D eigenvalue weighted by atomic mass is 16.5. The number of aryl methyl sites for hydroxylation is 1. The van der Waals surface area contributed by atoms with Gasteiger partial charge in [-0.1, -0.05) is 19.0 Å². The van der Waals surface area contributed by atoms with Crippen molar-refractivity contribution in [1.29, 1.82) is 0 Å². The third kappa shape index (κ3) is 5.58. The molecule has 3 aromatic rings. The Kier molecular flexibility index (Phi) is 7.24. The Morgan fingerprint density at radius 2 is 1.91 bits per heavy atom. The van der Waals surface area contributed by atoms with Crippen molar-refractivity contribution in [2.24, 2.45) is 5.92 Å². The zero-order valence-electron chi connectivity index (χ0n) is 18.8. The Morgan fingerprint density at radius 1 is 1.12 bits per heavy atom. The van der Waals surface area contributed by atoms with E-state index in [-0.39, 0.29) is 5.91 Å².